The van der Waals surface area contributed by atoms with E-state index in [9.17, 15) is 4.79 Å². The summed E-state index contributed by atoms with van der Waals surface area (Å²) in [6.07, 6.45) is 18.1. The largest absolute Gasteiger partial charge is 0.359 e. The Morgan fingerprint density at radius 3 is 2.68 bits per heavy atom. The van der Waals surface area contributed by atoms with Gasteiger partial charge in [0, 0.05) is 37.1 Å². The number of nitrogens with one attached hydrogen (secondary N) is 1. The van der Waals surface area contributed by atoms with Crippen LogP contribution in [0.4, 0.5) is 0 Å². The Morgan fingerprint density at radius 2 is 2.04 bits per heavy atom. The predicted molar refractivity (Wildman–Crippen MR) is 126 cm³/mol. The number of allylic oxidation sites excluding steroid dienone is 10. The summed E-state index contributed by atoms with van der Waals surface area (Å²) in [5, 5.41) is 2.67. The summed E-state index contributed by atoms with van der Waals surface area (Å²) >= 11 is 1.88. The molecular weight excluding hydrogens is 364 g/mol. The van der Waals surface area contributed by atoms with Gasteiger partial charge >= 0.3 is 0 Å². The van der Waals surface area contributed by atoms with E-state index >= 15 is 0 Å². The van der Waals surface area contributed by atoms with Gasteiger partial charge in [0.15, 0.2) is 0 Å². The number of nitrogens with zero attached hydrogens (tertiary/aromatic N) is 1. The van der Waals surface area contributed by atoms with E-state index in [1.165, 1.54) is 21.6 Å². The molecule has 0 aliphatic carbocycles. The smallest absolute Gasteiger partial charge is 0.223 e. The van der Waals surface area contributed by atoms with Crippen molar-refractivity contribution in [3.8, 4) is 0 Å². The first-order valence-corrected chi connectivity index (χ1v) is 10.8. The molecule has 0 bridgehead atoms. The standard InChI is InChI=1S/C24H34N2OS/c1-7-9-10-11-13-18(3)24-20(5)28-17-21(16-19(4)26-8-2)22(24)14-12-15-23(27)25-6/h7-9,11-14,16,18H,10,15,17H2,1-6H3,(H,25,27)/b9-7-,13-11?,14-12-,19-16+,26-8?. The van der Waals surface area contributed by atoms with Gasteiger partial charge in [-0.1, -0.05) is 43.4 Å². The van der Waals surface area contributed by atoms with Crippen molar-refractivity contribution in [2.75, 3.05) is 12.8 Å². The van der Waals surface area contributed by atoms with Crippen LogP contribution in [-0.2, 0) is 4.79 Å². The maximum Gasteiger partial charge on any atom is 0.223 e. The van der Waals surface area contributed by atoms with Crippen molar-refractivity contribution < 1.29 is 4.79 Å². The molecule has 1 atom stereocenters. The lowest BCUT2D eigenvalue weighted by molar-refractivity contribution is -0.119. The Bertz CT molecular complexity index is 749. The summed E-state index contributed by atoms with van der Waals surface area (Å²) in [7, 11) is 1.67. The minimum Gasteiger partial charge on any atom is -0.359 e. The Hall–Kier alpha value is -2.07. The molecule has 0 saturated carbocycles. The fraction of sp³-hybridized carbons (Fsp3) is 0.417. The lowest BCUT2D eigenvalue weighted by atomic mass is 9.88. The van der Waals surface area contributed by atoms with Gasteiger partial charge in [-0.25, -0.2) is 0 Å². The van der Waals surface area contributed by atoms with E-state index in [4.69, 9.17) is 0 Å². The van der Waals surface area contributed by atoms with Crippen molar-refractivity contribution in [3.63, 3.8) is 0 Å². The molecule has 1 aliphatic heterocycles. The number of carbonyl (C=O) groups is 1. The molecule has 1 heterocycles. The Balaban J connectivity index is 3.33. The van der Waals surface area contributed by atoms with Gasteiger partial charge in [0.05, 0.1) is 0 Å². The van der Waals surface area contributed by atoms with Gasteiger partial charge in [-0.05, 0) is 61.8 Å². The monoisotopic (exact) mass is 398 g/mol. The molecule has 28 heavy (non-hydrogen) atoms. The fourth-order valence-electron chi connectivity index (χ4n) is 3.06. The van der Waals surface area contributed by atoms with E-state index in [2.05, 4.69) is 60.6 Å². The first kappa shape index (κ1) is 24.0. The average Bonchev–Trinajstić information content (AvgIpc) is 2.67. The maximum absolute atomic E-state index is 11.6. The van der Waals surface area contributed by atoms with Gasteiger partial charge in [0.1, 0.15) is 0 Å². The number of amides is 1. The lowest BCUT2D eigenvalue weighted by Gasteiger charge is -2.25. The van der Waals surface area contributed by atoms with Crippen LogP contribution < -0.4 is 5.32 Å². The number of thioether (sulfide) groups is 1. The quantitative estimate of drug-likeness (QED) is 0.374. The minimum absolute atomic E-state index is 0.0208. The second kappa shape index (κ2) is 13.2. The van der Waals surface area contributed by atoms with Crippen LogP contribution in [0.3, 0.4) is 0 Å². The van der Waals surface area contributed by atoms with E-state index in [0.29, 0.717) is 12.3 Å². The van der Waals surface area contributed by atoms with Crippen LogP contribution in [0.1, 0.15) is 47.5 Å². The van der Waals surface area contributed by atoms with Crippen LogP contribution in [0, 0.1) is 5.92 Å². The summed E-state index contributed by atoms with van der Waals surface area (Å²) in [6, 6.07) is 0. The van der Waals surface area contributed by atoms with E-state index in [1.54, 1.807) is 7.05 Å². The normalized spacial score (nSPS) is 17.7. The van der Waals surface area contributed by atoms with Crippen molar-refractivity contribution >= 4 is 23.9 Å². The second-order valence-corrected chi connectivity index (χ2v) is 7.86. The average molecular weight is 399 g/mol. The van der Waals surface area contributed by atoms with Crippen molar-refractivity contribution in [2.45, 2.75) is 47.5 Å². The van der Waals surface area contributed by atoms with Crippen molar-refractivity contribution in [2.24, 2.45) is 10.9 Å². The van der Waals surface area contributed by atoms with Crippen LogP contribution in [0.25, 0.3) is 0 Å². The van der Waals surface area contributed by atoms with E-state index in [1.807, 2.05) is 44.8 Å². The number of aliphatic imine (C=N–C) groups is 1. The van der Waals surface area contributed by atoms with Gasteiger partial charge in [0.25, 0.3) is 0 Å². The highest BCUT2D eigenvalue weighted by molar-refractivity contribution is 8.03. The molecule has 0 fully saturated rings. The molecule has 3 nitrogen and oxygen atoms in total. The summed E-state index contributed by atoms with van der Waals surface area (Å²) in [4.78, 5) is 17.4. The van der Waals surface area contributed by atoms with Gasteiger partial charge in [-0.15, -0.1) is 11.8 Å². The SMILES string of the molecule is CC=N/C(C)=C/C1=C(/C=C\CC(=O)NC)C(C(C)C=CC/C=C\C)=C(C)SC1. The molecule has 1 rings (SSSR count). The molecule has 0 saturated heterocycles. The molecule has 1 aliphatic rings. The molecule has 0 aromatic carbocycles. The van der Waals surface area contributed by atoms with Crippen LogP contribution in [0.15, 0.2) is 74.8 Å². The van der Waals surface area contributed by atoms with E-state index in [-0.39, 0.29) is 5.91 Å². The first-order valence-electron chi connectivity index (χ1n) is 9.83. The Morgan fingerprint density at radius 1 is 1.29 bits per heavy atom. The van der Waals surface area contributed by atoms with Gasteiger partial charge in [-0.3, -0.25) is 9.79 Å². The highest BCUT2D eigenvalue weighted by Crippen LogP contribution is 2.39. The zero-order valence-corrected chi connectivity index (χ0v) is 18.9. The molecule has 0 aromatic rings. The van der Waals surface area contributed by atoms with Crippen LogP contribution in [-0.4, -0.2) is 24.9 Å². The molecule has 152 valence electrons. The summed E-state index contributed by atoms with van der Waals surface area (Å²) in [6.45, 7) is 10.4. The van der Waals surface area contributed by atoms with Crippen LogP contribution >= 0.6 is 11.8 Å². The van der Waals surface area contributed by atoms with Crippen LogP contribution in [0.2, 0.25) is 0 Å². The van der Waals surface area contributed by atoms with Crippen molar-refractivity contribution in [3.05, 3.63) is 69.9 Å². The molecule has 1 N–H and O–H groups in total. The lowest BCUT2D eigenvalue weighted by Crippen LogP contribution is -2.16. The molecular formula is C24H34N2OS. The van der Waals surface area contributed by atoms with Crippen LogP contribution in [0.5, 0.6) is 0 Å². The Labute approximate surface area is 175 Å². The Kier molecular flexibility index (Phi) is 11.3. The zero-order valence-electron chi connectivity index (χ0n) is 18.1. The van der Waals surface area contributed by atoms with E-state index < -0.39 is 0 Å². The van der Waals surface area contributed by atoms with E-state index in [0.717, 1.165) is 17.9 Å². The predicted octanol–water partition coefficient (Wildman–Crippen LogP) is 6.15. The molecule has 0 radical (unpaired) electrons. The molecule has 4 heteroatoms. The van der Waals surface area contributed by atoms with Gasteiger partial charge in [0.2, 0.25) is 5.91 Å². The first-order chi connectivity index (χ1) is 13.4. The zero-order chi connectivity index (χ0) is 20.9. The summed E-state index contributed by atoms with van der Waals surface area (Å²) in [5.41, 5.74) is 4.80. The second-order valence-electron chi connectivity index (χ2n) is 6.67. The van der Waals surface area contributed by atoms with Crippen molar-refractivity contribution in [1.29, 1.82) is 0 Å². The van der Waals surface area contributed by atoms with Gasteiger partial charge in [-0.2, -0.15) is 0 Å². The third kappa shape index (κ3) is 7.89. The number of rotatable bonds is 9. The summed E-state index contributed by atoms with van der Waals surface area (Å²) < 4.78 is 0. The number of hydrogen-bond donors (Lipinski definition) is 1. The summed E-state index contributed by atoms with van der Waals surface area (Å²) in [5.74, 6) is 1.24. The molecule has 1 unspecified atom stereocenters. The maximum atomic E-state index is 11.6. The number of carbonyl (C=O) groups excluding carboxylic acids is 1. The van der Waals surface area contributed by atoms with Crippen molar-refractivity contribution in [1.82, 2.24) is 5.32 Å². The highest BCUT2D eigenvalue weighted by Gasteiger charge is 2.21. The highest BCUT2D eigenvalue weighted by atomic mass is 32.2. The molecule has 0 aromatic heterocycles. The third-order valence-electron chi connectivity index (χ3n) is 4.43. The topological polar surface area (TPSA) is 41.5 Å². The fourth-order valence-corrected chi connectivity index (χ4v) is 4.12. The van der Waals surface area contributed by atoms with Gasteiger partial charge < -0.3 is 5.32 Å². The minimum atomic E-state index is 0.0208. The number of hydrogen-bond acceptors (Lipinski definition) is 3. The molecule has 0 spiro atoms. The third-order valence-corrected chi connectivity index (χ3v) is 5.54. The molecule has 1 amide bonds.